The smallest absolute Gasteiger partial charge is 0.146 e. The highest BCUT2D eigenvalue weighted by atomic mass is 19.1. The molecule has 0 bridgehead atoms. The largest absolute Gasteiger partial charge is 0.327 e. The van der Waals surface area contributed by atoms with Gasteiger partial charge in [0, 0.05) is 19.3 Å². The molecule has 0 atom stereocenters. The summed E-state index contributed by atoms with van der Waals surface area (Å²) in [6.07, 6.45) is 1.10. The van der Waals surface area contributed by atoms with Crippen LogP contribution in [0.4, 0.5) is 15.9 Å². The maximum atomic E-state index is 13.9. The number of hydrogen-bond acceptors (Lipinski definition) is 3. The van der Waals surface area contributed by atoms with Gasteiger partial charge in [0.1, 0.15) is 11.6 Å². The van der Waals surface area contributed by atoms with Crippen LogP contribution in [-0.2, 0) is 6.54 Å². The zero-order valence-electron chi connectivity index (χ0n) is 12.9. The van der Waals surface area contributed by atoms with Crippen LogP contribution in [0.1, 0.15) is 24.6 Å². The fourth-order valence-electron chi connectivity index (χ4n) is 2.25. The molecule has 0 fully saturated rings. The lowest BCUT2D eigenvalue weighted by molar-refractivity contribution is 0.627. The first-order valence-electron chi connectivity index (χ1n) is 7.28. The number of rotatable bonds is 6. The molecule has 0 spiro atoms. The van der Waals surface area contributed by atoms with Crippen LogP contribution in [0.25, 0.3) is 0 Å². The lowest BCUT2D eigenvalue weighted by Crippen LogP contribution is -2.16. The molecular formula is C17H22FN3. The molecular weight excluding hydrogens is 265 g/mol. The Labute approximate surface area is 125 Å². The van der Waals surface area contributed by atoms with Gasteiger partial charge in [-0.25, -0.2) is 9.37 Å². The van der Waals surface area contributed by atoms with Gasteiger partial charge in [-0.3, -0.25) is 0 Å². The average Bonchev–Trinajstić information content (AvgIpc) is 2.47. The molecule has 3 nitrogen and oxygen atoms in total. The van der Waals surface area contributed by atoms with Crippen molar-refractivity contribution in [1.82, 2.24) is 10.3 Å². The van der Waals surface area contributed by atoms with Crippen molar-refractivity contribution >= 4 is 11.5 Å². The molecule has 0 aliphatic rings. The summed E-state index contributed by atoms with van der Waals surface area (Å²) in [5.74, 6) is 0.516. The molecule has 1 aromatic heterocycles. The predicted octanol–water partition coefficient (Wildman–Crippen LogP) is 3.80. The van der Waals surface area contributed by atoms with E-state index in [1.165, 1.54) is 6.07 Å². The van der Waals surface area contributed by atoms with Gasteiger partial charge in [0.05, 0.1) is 5.69 Å². The Kier molecular flexibility index (Phi) is 5.28. The summed E-state index contributed by atoms with van der Waals surface area (Å²) in [5.41, 5.74) is 2.63. The lowest BCUT2D eigenvalue weighted by atomic mass is 10.2. The highest BCUT2D eigenvalue weighted by Crippen LogP contribution is 2.25. The Morgan fingerprint density at radius 2 is 2.00 bits per heavy atom. The van der Waals surface area contributed by atoms with Crippen LogP contribution in [0.3, 0.4) is 0 Å². The summed E-state index contributed by atoms with van der Waals surface area (Å²) in [7, 11) is 1.84. The number of benzene rings is 1. The molecule has 0 saturated carbocycles. The highest BCUT2D eigenvalue weighted by molar-refractivity contribution is 5.60. The number of hydrogen-bond donors (Lipinski definition) is 1. The van der Waals surface area contributed by atoms with E-state index in [0.717, 1.165) is 36.6 Å². The number of aromatic nitrogens is 1. The van der Waals surface area contributed by atoms with E-state index in [2.05, 4.69) is 23.3 Å². The van der Waals surface area contributed by atoms with E-state index >= 15 is 0 Å². The number of nitrogens with zero attached hydrogens (tertiary/aromatic N) is 2. The maximum Gasteiger partial charge on any atom is 0.146 e. The molecule has 0 amide bonds. The van der Waals surface area contributed by atoms with Gasteiger partial charge in [-0.15, -0.1) is 0 Å². The van der Waals surface area contributed by atoms with Crippen LogP contribution in [-0.4, -0.2) is 18.6 Å². The zero-order chi connectivity index (χ0) is 15.2. The van der Waals surface area contributed by atoms with Crippen molar-refractivity contribution in [3.8, 4) is 0 Å². The molecule has 1 N–H and O–H groups in total. The van der Waals surface area contributed by atoms with E-state index in [1.54, 1.807) is 17.0 Å². The van der Waals surface area contributed by atoms with E-state index in [9.17, 15) is 4.39 Å². The molecule has 2 aromatic rings. The summed E-state index contributed by atoms with van der Waals surface area (Å²) < 4.78 is 13.9. The van der Waals surface area contributed by atoms with Crippen LogP contribution in [0, 0.1) is 12.7 Å². The third-order valence-electron chi connectivity index (χ3n) is 3.31. The minimum absolute atomic E-state index is 0.242. The highest BCUT2D eigenvalue weighted by Gasteiger charge is 2.11. The van der Waals surface area contributed by atoms with E-state index in [0.29, 0.717) is 5.69 Å². The van der Waals surface area contributed by atoms with Crippen molar-refractivity contribution in [1.29, 1.82) is 0 Å². The van der Waals surface area contributed by atoms with E-state index < -0.39 is 0 Å². The SMILES string of the molecule is CCCNCc1cc(C)nc(N(C)c2ccccc2F)c1. The number of aryl methyl sites for hydroxylation is 1. The third kappa shape index (κ3) is 4.02. The topological polar surface area (TPSA) is 28.2 Å². The summed E-state index contributed by atoms with van der Waals surface area (Å²) in [5, 5.41) is 3.38. The Balaban J connectivity index is 2.24. The molecule has 0 radical (unpaired) electrons. The fraction of sp³-hybridized carbons (Fsp3) is 0.353. The monoisotopic (exact) mass is 287 g/mol. The normalized spacial score (nSPS) is 10.7. The minimum Gasteiger partial charge on any atom is -0.327 e. The van der Waals surface area contributed by atoms with E-state index in [1.807, 2.05) is 26.1 Å². The van der Waals surface area contributed by atoms with Gasteiger partial charge in [0.2, 0.25) is 0 Å². The predicted molar refractivity (Wildman–Crippen MR) is 85.4 cm³/mol. The number of para-hydroxylation sites is 1. The lowest BCUT2D eigenvalue weighted by Gasteiger charge is -2.20. The zero-order valence-corrected chi connectivity index (χ0v) is 12.9. The quantitative estimate of drug-likeness (QED) is 0.819. The van der Waals surface area contributed by atoms with E-state index in [4.69, 9.17) is 0 Å². The van der Waals surface area contributed by atoms with Crippen LogP contribution >= 0.6 is 0 Å². The van der Waals surface area contributed by atoms with Crippen molar-refractivity contribution in [3.05, 3.63) is 53.5 Å². The summed E-state index contributed by atoms with van der Waals surface area (Å²) >= 11 is 0. The van der Waals surface area contributed by atoms with Crippen molar-refractivity contribution in [2.24, 2.45) is 0 Å². The van der Waals surface area contributed by atoms with Gasteiger partial charge in [0.25, 0.3) is 0 Å². The molecule has 21 heavy (non-hydrogen) atoms. The Morgan fingerprint density at radius 1 is 1.24 bits per heavy atom. The van der Waals surface area contributed by atoms with Gasteiger partial charge in [0.15, 0.2) is 0 Å². The first kappa shape index (κ1) is 15.4. The second-order valence-corrected chi connectivity index (χ2v) is 5.16. The van der Waals surface area contributed by atoms with Crippen LogP contribution < -0.4 is 10.2 Å². The molecule has 0 aliphatic carbocycles. The molecule has 0 unspecified atom stereocenters. The fourth-order valence-corrected chi connectivity index (χ4v) is 2.25. The van der Waals surface area contributed by atoms with Crippen LogP contribution in [0.15, 0.2) is 36.4 Å². The Morgan fingerprint density at radius 3 is 2.71 bits per heavy atom. The van der Waals surface area contributed by atoms with Crippen LogP contribution in [0.5, 0.6) is 0 Å². The third-order valence-corrected chi connectivity index (χ3v) is 3.31. The second-order valence-electron chi connectivity index (χ2n) is 5.16. The second kappa shape index (κ2) is 7.18. The molecule has 0 saturated heterocycles. The molecule has 4 heteroatoms. The van der Waals surface area contributed by atoms with Crippen molar-refractivity contribution in [3.63, 3.8) is 0 Å². The number of anilines is 2. The van der Waals surface area contributed by atoms with Gasteiger partial charge < -0.3 is 10.2 Å². The van der Waals surface area contributed by atoms with Gasteiger partial charge in [-0.1, -0.05) is 19.1 Å². The Hall–Kier alpha value is -1.94. The van der Waals surface area contributed by atoms with Crippen LogP contribution in [0.2, 0.25) is 0 Å². The molecule has 2 rings (SSSR count). The summed E-state index contributed by atoms with van der Waals surface area (Å²) in [4.78, 5) is 6.29. The van der Waals surface area contributed by atoms with Gasteiger partial charge in [-0.05, 0) is 49.7 Å². The summed E-state index contributed by atoms with van der Waals surface area (Å²) in [6, 6.07) is 10.8. The van der Waals surface area contributed by atoms with Crippen molar-refractivity contribution in [2.75, 3.05) is 18.5 Å². The number of nitrogens with one attached hydrogen (secondary N) is 1. The molecule has 112 valence electrons. The maximum absolute atomic E-state index is 13.9. The first-order chi connectivity index (χ1) is 10.1. The minimum atomic E-state index is -0.242. The molecule has 1 heterocycles. The van der Waals surface area contributed by atoms with Gasteiger partial charge >= 0.3 is 0 Å². The van der Waals surface area contributed by atoms with Gasteiger partial charge in [-0.2, -0.15) is 0 Å². The average molecular weight is 287 g/mol. The number of halogens is 1. The van der Waals surface area contributed by atoms with Crippen molar-refractivity contribution in [2.45, 2.75) is 26.8 Å². The van der Waals surface area contributed by atoms with E-state index in [-0.39, 0.29) is 5.82 Å². The molecule has 1 aromatic carbocycles. The number of pyridine rings is 1. The molecule has 0 aliphatic heterocycles. The Bertz CT molecular complexity index is 598. The van der Waals surface area contributed by atoms with Crippen molar-refractivity contribution < 1.29 is 4.39 Å². The first-order valence-corrected chi connectivity index (χ1v) is 7.28. The summed E-state index contributed by atoms with van der Waals surface area (Å²) in [6.45, 7) is 5.89. The standard InChI is InChI=1S/C17H22FN3/c1-4-9-19-12-14-10-13(2)20-17(11-14)21(3)16-8-6-5-7-15(16)18/h5-8,10-11,19H,4,9,12H2,1-3H3.